The van der Waals surface area contributed by atoms with E-state index in [1.807, 2.05) is 12.1 Å². The van der Waals surface area contributed by atoms with Crippen LogP contribution in [0.4, 0.5) is 0 Å². The summed E-state index contributed by atoms with van der Waals surface area (Å²) in [6, 6.07) is 6.09. The van der Waals surface area contributed by atoms with Crippen LogP contribution in [0.3, 0.4) is 0 Å². The number of benzene rings is 1. The molecule has 0 saturated carbocycles. The molecule has 4 heteroatoms. The number of rotatable bonds is 1. The van der Waals surface area contributed by atoms with E-state index in [0.717, 1.165) is 36.5 Å². The van der Waals surface area contributed by atoms with Crippen LogP contribution in [0.15, 0.2) is 30.7 Å². The first-order valence-corrected chi connectivity index (χ1v) is 5.94. The zero-order valence-corrected chi connectivity index (χ0v) is 9.94. The molecule has 2 aromatic rings. The molecule has 0 amide bonds. The van der Waals surface area contributed by atoms with Crippen molar-refractivity contribution in [2.45, 2.75) is 12.8 Å². The van der Waals surface area contributed by atoms with Crippen LogP contribution in [0, 0.1) is 0 Å². The lowest BCUT2D eigenvalue weighted by molar-refractivity contribution is 0.289. The molecular weight excluding hydrogens is 236 g/mol. The van der Waals surface area contributed by atoms with E-state index in [9.17, 15) is 0 Å². The molecule has 1 aromatic carbocycles. The Morgan fingerprint density at radius 2 is 2.24 bits per heavy atom. The van der Waals surface area contributed by atoms with E-state index in [2.05, 4.69) is 16.0 Å². The standard InChI is InChI=1S/C13H11ClN2O/c14-11-7-15-8-16-12(11)10-5-1-3-9-4-2-6-17-13(9)10/h1,3,5,7-8H,2,4,6H2. The van der Waals surface area contributed by atoms with Gasteiger partial charge >= 0.3 is 0 Å². The summed E-state index contributed by atoms with van der Waals surface area (Å²) in [6.45, 7) is 0.757. The maximum absolute atomic E-state index is 6.12. The predicted octanol–water partition coefficient (Wildman–Crippen LogP) is 3.12. The van der Waals surface area contributed by atoms with Gasteiger partial charge in [-0.2, -0.15) is 0 Å². The summed E-state index contributed by atoms with van der Waals surface area (Å²) in [5.41, 5.74) is 2.92. The van der Waals surface area contributed by atoms with Crippen molar-refractivity contribution in [1.29, 1.82) is 0 Å². The average Bonchev–Trinajstić information content (AvgIpc) is 2.39. The maximum Gasteiger partial charge on any atom is 0.131 e. The lowest BCUT2D eigenvalue weighted by Gasteiger charge is -2.20. The molecule has 0 N–H and O–H groups in total. The third-order valence-electron chi connectivity index (χ3n) is 2.86. The molecule has 2 heterocycles. The third kappa shape index (κ3) is 1.87. The number of fused-ring (bicyclic) bond motifs is 1. The van der Waals surface area contributed by atoms with Crippen LogP contribution in [-0.2, 0) is 6.42 Å². The van der Waals surface area contributed by atoms with Crippen LogP contribution in [-0.4, -0.2) is 16.6 Å². The first-order chi connectivity index (χ1) is 8.36. The fraction of sp³-hybridized carbons (Fsp3) is 0.231. The van der Waals surface area contributed by atoms with Gasteiger partial charge in [-0.05, 0) is 24.5 Å². The van der Waals surface area contributed by atoms with Crippen molar-refractivity contribution < 1.29 is 4.74 Å². The molecule has 1 aromatic heterocycles. The molecule has 86 valence electrons. The Morgan fingerprint density at radius 3 is 3.12 bits per heavy atom. The Hall–Kier alpha value is -1.61. The number of nitrogens with zero attached hydrogens (tertiary/aromatic N) is 2. The zero-order chi connectivity index (χ0) is 11.7. The zero-order valence-electron chi connectivity index (χ0n) is 9.19. The van der Waals surface area contributed by atoms with Crippen LogP contribution >= 0.6 is 11.6 Å². The summed E-state index contributed by atoms with van der Waals surface area (Å²) in [4.78, 5) is 8.13. The highest BCUT2D eigenvalue weighted by molar-refractivity contribution is 6.32. The first kappa shape index (κ1) is 10.5. The van der Waals surface area contributed by atoms with Crippen molar-refractivity contribution >= 4 is 11.6 Å². The Morgan fingerprint density at radius 1 is 1.29 bits per heavy atom. The van der Waals surface area contributed by atoms with Gasteiger partial charge in [0, 0.05) is 11.8 Å². The summed E-state index contributed by atoms with van der Waals surface area (Å²) < 4.78 is 5.74. The fourth-order valence-electron chi connectivity index (χ4n) is 2.09. The van der Waals surface area contributed by atoms with E-state index in [1.54, 1.807) is 6.20 Å². The SMILES string of the molecule is Clc1cncnc1-c1cccc2c1OCCC2. The summed E-state index contributed by atoms with van der Waals surface area (Å²) >= 11 is 6.12. The smallest absolute Gasteiger partial charge is 0.131 e. The number of halogens is 1. The summed E-state index contributed by atoms with van der Waals surface area (Å²) in [6.07, 6.45) is 5.22. The van der Waals surface area contributed by atoms with Gasteiger partial charge in [-0.1, -0.05) is 23.7 Å². The van der Waals surface area contributed by atoms with Gasteiger partial charge in [0.15, 0.2) is 0 Å². The van der Waals surface area contributed by atoms with Crippen LogP contribution in [0.25, 0.3) is 11.3 Å². The monoisotopic (exact) mass is 246 g/mol. The van der Waals surface area contributed by atoms with Crippen LogP contribution in [0.2, 0.25) is 5.02 Å². The summed E-state index contributed by atoms with van der Waals surface area (Å²) in [5.74, 6) is 0.916. The van der Waals surface area contributed by atoms with Crippen molar-refractivity contribution in [1.82, 2.24) is 9.97 Å². The van der Waals surface area contributed by atoms with Gasteiger partial charge in [0.05, 0.1) is 17.3 Å². The molecule has 1 aliphatic heterocycles. The van der Waals surface area contributed by atoms with Crippen LogP contribution in [0.1, 0.15) is 12.0 Å². The molecule has 3 rings (SSSR count). The normalized spacial score (nSPS) is 13.9. The number of aryl methyl sites for hydroxylation is 1. The van der Waals surface area contributed by atoms with Crippen molar-refractivity contribution in [3.8, 4) is 17.0 Å². The van der Waals surface area contributed by atoms with Gasteiger partial charge in [-0.3, -0.25) is 0 Å². The van der Waals surface area contributed by atoms with Gasteiger partial charge in [-0.25, -0.2) is 9.97 Å². The topological polar surface area (TPSA) is 35.0 Å². The maximum atomic E-state index is 6.12. The van der Waals surface area contributed by atoms with Gasteiger partial charge in [-0.15, -0.1) is 0 Å². The summed E-state index contributed by atoms with van der Waals surface area (Å²) in [5, 5.41) is 0.551. The summed E-state index contributed by atoms with van der Waals surface area (Å²) in [7, 11) is 0. The lowest BCUT2D eigenvalue weighted by Crippen LogP contribution is -2.09. The Labute approximate surface area is 104 Å². The Balaban J connectivity index is 2.18. The lowest BCUT2D eigenvalue weighted by atomic mass is 10.0. The molecule has 0 aliphatic carbocycles. The highest BCUT2D eigenvalue weighted by Gasteiger charge is 2.17. The molecule has 0 spiro atoms. The number of hydrogen-bond donors (Lipinski definition) is 0. The van der Waals surface area contributed by atoms with E-state index >= 15 is 0 Å². The molecular formula is C13H11ClN2O. The second-order valence-electron chi connectivity index (χ2n) is 3.97. The number of para-hydroxylation sites is 1. The largest absolute Gasteiger partial charge is 0.493 e. The molecule has 0 saturated heterocycles. The van der Waals surface area contributed by atoms with Crippen LogP contribution < -0.4 is 4.74 Å². The average molecular weight is 247 g/mol. The molecule has 17 heavy (non-hydrogen) atoms. The van der Waals surface area contributed by atoms with Crippen LogP contribution in [0.5, 0.6) is 5.75 Å². The van der Waals surface area contributed by atoms with E-state index in [1.165, 1.54) is 11.9 Å². The van der Waals surface area contributed by atoms with Gasteiger partial charge in [0.2, 0.25) is 0 Å². The quantitative estimate of drug-likeness (QED) is 0.776. The number of hydrogen-bond acceptors (Lipinski definition) is 3. The van der Waals surface area contributed by atoms with E-state index in [-0.39, 0.29) is 0 Å². The molecule has 3 nitrogen and oxygen atoms in total. The van der Waals surface area contributed by atoms with Gasteiger partial charge < -0.3 is 4.74 Å². The highest BCUT2D eigenvalue weighted by atomic mass is 35.5. The van der Waals surface area contributed by atoms with Crippen molar-refractivity contribution in [2.24, 2.45) is 0 Å². The molecule has 0 unspecified atom stereocenters. The van der Waals surface area contributed by atoms with E-state index < -0.39 is 0 Å². The Kier molecular flexibility index (Phi) is 2.69. The second-order valence-corrected chi connectivity index (χ2v) is 4.37. The molecule has 0 fully saturated rings. The van der Waals surface area contributed by atoms with Crippen molar-refractivity contribution in [2.75, 3.05) is 6.61 Å². The number of aromatic nitrogens is 2. The van der Waals surface area contributed by atoms with E-state index in [0.29, 0.717) is 5.02 Å². The molecule has 0 bridgehead atoms. The minimum absolute atomic E-state index is 0.551. The second kappa shape index (κ2) is 4.34. The minimum atomic E-state index is 0.551. The van der Waals surface area contributed by atoms with Gasteiger partial charge in [0.25, 0.3) is 0 Å². The van der Waals surface area contributed by atoms with Gasteiger partial charge in [0.1, 0.15) is 12.1 Å². The molecule has 1 aliphatic rings. The van der Waals surface area contributed by atoms with Crippen molar-refractivity contribution in [3.05, 3.63) is 41.3 Å². The van der Waals surface area contributed by atoms with Crippen molar-refractivity contribution in [3.63, 3.8) is 0 Å². The van der Waals surface area contributed by atoms with E-state index in [4.69, 9.17) is 16.3 Å². The highest BCUT2D eigenvalue weighted by Crippen LogP contribution is 2.37. The fourth-order valence-corrected chi connectivity index (χ4v) is 2.29. The first-order valence-electron chi connectivity index (χ1n) is 5.57. The molecule has 0 radical (unpaired) electrons. The third-order valence-corrected chi connectivity index (χ3v) is 3.13. The predicted molar refractivity (Wildman–Crippen MR) is 66.3 cm³/mol. The molecule has 0 atom stereocenters. The Bertz CT molecular complexity index is 557. The minimum Gasteiger partial charge on any atom is -0.493 e. The number of ether oxygens (including phenoxy) is 1.